The molecule has 0 aromatic heterocycles. The molecule has 57 heavy (non-hydrogen) atoms. The normalized spacial score (nSPS) is 14.2. The van der Waals surface area contributed by atoms with E-state index in [1.54, 1.807) is 0 Å². The van der Waals surface area contributed by atoms with Gasteiger partial charge in [0.2, 0.25) is 0 Å². The molecular formula is C47H78NO8P. The second kappa shape index (κ2) is 42.5. The van der Waals surface area contributed by atoms with Crippen LogP contribution in [0.4, 0.5) is 0 Å². The van der Waals surface area contributed by atoms with E-state index in [2.05, 4.69) is 98.9 Å². The number of nitrogens with two attached hydrogens (primary N) is 1. The van der Waals surface area contributed by atoms with Gasteiger partial charge in [-0.25, -0.2) is 4.57 Å². The SMILES string of the molecule is CCCCC/C=C\C/C=C\C/C=C\C/C=C\C/C=C\CCC(=O)OC[C@H](COP(=O)(O)OCCN)OC(=O)CCCCCC/C=C\C/C=C\C/C=C\CCCCC. The molecule has 0 aromatic rings. The summed E-state index contributed by atoms with van der Waals surface area (Å²) in [5, 5.41) is 0. The summed E-state index contributed by atoms with van der Waals surface area (Å²) in [6.45, 7) is 3.54. The van der Waals surface area contributed by atoms with Crippen molar-refractivity contribution in [1.82, 2.24) is 0 Å². The maximum absolute atomic E-state index is 12.6. The smallest absolute Gasteiger partial charge is 0.462 e. The standard InChI is InChI=1S/C47H78NO8P/c1-3-5-7-9-11-13-15-17-19-21-22-24-25-27-29-31-33-35-37-39-46(49)53-43-45(44-55-57(51,52)54-42-41-48)56-47(50)40-38-36-34-32-30-28-26-23-20-18-16-14-12-10-8-6-4-2/h11-14,17-20,22,24,26-29,33,35,45H,3-10,15-16,21,23,25,30-32,34,36-44,48H2,1-2H3,(H,51,52)/b13-11-,14-12-,19-17-,20-18-,24-22-,28-26-,29-27-,35-33-/t45-/m1/s1. The van der Waals surface area contributed by atoms with Gasteiger partial charge >= 0.3 is 19.8 Å². The molecule has 0 saturated carbocycles. The van der Waals surface area contributed by atoms with Gasteiger partial charge in [-0.3, -0.25) is 18.6 Å². The number of carbonyl (C=O) groups excluding carboxylic acids is 2. The first-order valence-corrected chi connectivity index (χ1v) is 23.2. The molecule has 0 bridgehead atoms. The minimum absolute atomic E-state index is 0.0347. The summed E-state index contributed by atoms with van der Waals surface area (Å²) in [4.78, 5) is 34.8. The number of allylic oxidation sites excluding steroid dienone is 16. The lowest BCUT2D eigenvalue weighted by atomic mass is 10.1. The molecule has 0 saturated heterocycles. The van der Waals surface area contributed by atoms with Crippen LogP contribution in [0.1, 0.15) is 155 Å². The summed E-state index contributed by atoms with van der Waals surface area (Å²) in [6.07, 6.45) is 54.5. The van der Waals surface area contributed by atoms with Crippen molar-refractivity contribution >= 4 is 19.8 Å². The van der Waals surface area contributed by atoms with Crippen LogP contribution in [0.25, 0.3) is 0 Å². The van der Waals surface area contributed by atoms with Crippen molar-refractivity contribution < 1.29 is 37.6 Å². The summed E-state index contributed by atoms with van der Waals surface area (Å²) in [5.74, 6) is -0.960. The molecule has 10 heteroatoms. The minimum Gasteiger partial charge on any atom is -0.462 e. The Kier molecular flexibility index (Phi) is 40.2. The molecule has 0 spiro atoms. The lowest BCUT2D eigenvalue weighted by molar-refractivity contribution is -0.161. The third kappa shape index (κ3) is 42.4. The molecule has 0 aliphatic heterocycles. The Morgan fingerprint density at radius 1 is 0.526 bits per heavy atom. The predicted molar refractivity (Wildman–Crippen MR) is 238 cm³/mol. The molecule has 0 aliphatic rings. The average Bonchev–Trinajstić information content (AvgIpc) is 3.20. The van der Waals surface area contributed by atoms with Gasteiger partial charge in [0.15, 0.2) is 6.10 Å². The quantitative estimate of drug-likeness (QED) is 0.0269. The Bertz CT molecular complexity index is 1250. The minimum atomic E-state index is -4.41. The first kappa shape index (κ1) is 53.9. The van der Waals surface area contributed by atoms with E-state index in [1.807, 2.05) is 12.2 Å². The second-order valence-corrected chi connectivity index (χ2v) is 15.3. The van der Waals surface area contributed by atoms with Gasteiger partial charge in [0.05, 0.1) is 13.2 Å². The molecule has 1 unspecified atom stereocenters. The van der Waals surface area contributed by atoms with Crippen LogP contribution < -0.4 is 5.73 Å². The number of rotatable bonds is 39. The number of hydrogen-bond donors (Lipinski definition) is 2. The van der Waals surface area contributed by atoms with E-state index in [-0.39, 0.29) is 32.6 Å². The van der Waals surface area contributed by atoms with Crippen LogP contribution in [0, 0.1) is 0 Å². The van der Waals surface area contributed by atoms with Crippen LogP contribution in [0.5, 0.6) is 0 Å². The van der Waals surface area contributed by atoms with Crippen LogP contribution in [-0.4, -0.2) is 49.3 Å². The first-order chi connectivity index (χ1) is 27.8. The van der Waals surface area contributed by atoms with Crippen molar-refractivity contribution in [3.63, 3.8) is 0 Å². The molecule has 0 aromatic carbocycles. The van der Waals surface area contributed by atoms with E-state index in [9.17, 15) is 19.0 Å². The topological polar surface area (TPSA) is 134 Å². The van der Waals surface area contributed by atoms with Gasteiger partial charge in [-0.1, -0.05) is 150 Å². The Morgan fingerprint density at radius 2 is 0.947 bits per heavy atom. The maximum Gasteiger partial charge on any atom is 0.472 e. The fourth-order valence-corrected chi connectivity index (χ4v) is 5.98. The van der Waals surface area contributed by atoms with Gasteiger partial charge in [0, 0.05) is 19.4 Å². The van der Waals surface area contributed by atoms with Crippen LogP contribution in [0.3, 0.4) is 0 Å². The van der Waals surface area contributed by atoms with Crippen molar-refractivity contribution in [2.24, 2.45) is 5.73 Å². The monoisotopic (exact) mass is 816 g/mol. The first-order valence-electron chi connectivity index (χ1n) is 21.7. The second-order valence-electron chi connectivity index (χ2n) is 13.8. The van der Waals surface area contributed by atoms with E-state index >= 15 is 0 Å². The third-order valence-corrected chi connectivity index (χ3v) is 9.44. The number of carbonyl (C=O) groups is 2. The number of unbranched alkanes of at least 4 members (excludes halogenated alkanes) is 10. The summed E-state index contributed by atoms with van der Waals surface area (Å²) >= 11 is 0. The van der Waals surface area contributed by atoms with Gasteiger partial charge < -0.3 is 20.1 Å². The summed E-state index contributed by atoms with van der Waals surface area (Å²) in [7, 11) is -4.41. The Balaban J connectivity index is 4.35. The molecule has 0 heterocycles. The molecule has 9 nitrogen and oxygen atoms in total. The number of phosphoric ester groups is 1. The number of hydrogen-bond acceptors (Lipinski definition) is 8. The third-order valence-electron chi connectivity index (χ3n) is 8.46. The zero-order valence-corrected chi connectivity index (χ0v) is 36.4. The highest BCUT2D eigenvalue weighted by molar-refractivity contribution is 7.47. The van der Waals surface area contributed by atoms with Gasteiger partial charge in [0.25, 0.3) is 0 Å². The zero-order valence-electron chi connectivity index (χ0n) is 35.5. The highest BCUT2D eigenvalue weighted by atomic mass is 31.2. The number of esters is 2. The molecule has 2 atom stereocenters. The highest BCUT2D eigenvalue weighted by Crippen LogP contribution is 2.43. The van der Waals surface area contributed by atoms with Gasteiger partial charge in [-0.05, 0) is 89.9 Å². The fraction of sp³-hybridized carbons (Fsp3) is 0.617. The van der Waals surface area contributed by atoms with Crippen molar-refractivity contribution in [1.29, 1.82) is 0 Å². The van der Waals surface area contributed by atoms with Crippen LogP contribution in [0.15, 0.2) is 97.2 Å². The predicted octanol–water partition coefficient (Wildman–Crippen LogP) is 12.6. The molecule has 0 amide bonds. The summed E-state index contributed by atoms with van der Waals surface area (Å²) < 4.78 is 32.7. The van der Waals surface area contributed by atoms with Crippen molar-refractivity contribution in [3.05, 3.63) is 97.2 Å². The maximum atomic E-state index is 12.6. The molecular weight excluding hydrogens is 737 g/mol. The van der Waals surface area contributed by atoms with Gasteiger partial charge in [-0.15, -0.1) is 0 Å². The molecule has 324 valence electrons. The number of phosphoric acid groups is 1. The van der Waals surface area contributed by atoms with Crippen molar-refractivity contribution in [2.75, 3.05) is 26.4 Å². The molecule has 0 fully saturated rings. The zero-order chi connectivity index (χ0) is 41.8. The van der Waals surface area contributed by atoms with Crippen molar-refractivity contribution in [3.8, 4) is 0 Å². The fourth-order valence-electron chi connectivity index (χ4n) is 5.21. The summed E-state index contributed by atoms with van der Waals surface area (Å²) in [6, 6.07) is 0. The van der Waals surface area contributed by atoms with Gasteiger partial charge in [-0.2, -0.15) is 0 Å². The van der Waals surface area contributed by atoms with Gasteiger partial charge in [0.1, 0.15) is 6.61 Å². The van der Waals surface area contributed by atoms with Crippen molar-refractivity contribution in [2.45, 2.75) is 161 Å². The Hall–Kier alpha value is -3.07. The number of ether oxygens (including phenoxy) is 2. The molecule has 0 radical (unpaired) electrons. The largest absolute Gasteiger partial charge is 0.472 e. The van der Waals surface area contributed by atoms with Crippen LogP contribution in [-0.2, 0) is 32.7 Å². The van der Waals surface area contributed by atoms with E-state index in [0.29, 0.717) is 12.8 Å². The molecule has 0 rings (SSSR count). The average molecular weight is 816 g/mol. The molecule has 3 N–H and O–H groups in total. The van der Waals surface area contributed by atoms with E-state index < -0.39 is 32.5 Å². The lowest BCUT2D eigenvalue weighted by Crippen LogP contribution is -2.29. The van der Waals surface area contributed by atoms with E-state index in [4.69, 9.17) is 24.3 Å². The summed E-state index contributed by atoms with van der Waals surface area (Å²) in [5.41, 5.74) is 5.34. The molecule has 0 aliphatic carbocycles. The highest BCUT2D eigenvalue weighted by Gasteiger charge is 2.25. The van der Waals surface area contributed by atoms with Crippen LogP contribution >= 0.6 is 7.82 Å². The van der Waals surface area contributed by atoms with E-state index in [0.717, 1.165) is 64.2 Å². The van der Waals surface area contributed by atoms with E-state index in [1.165, 1.54) is 51.4 Å². The van der Waals surface area contributed by atoms with Crippen LogP contribution in [0.2, 0.25) is 0 Å². The Morgan fingerprint density at radius 3 is 1.40 bits per heavy atom. The lowest BCUT2D eigenvalue weighted by Gasteiger charge is -2.19. The Labute approximate surface area is 346 Å².